The summed E-state index contributed by atoms with van der Waals surface area (Å²) in [6.07, 6.45) is 6.29. The zero-order valence-corrected chi connectivity index (χ0v) is 18.1. The van der Waals surface area contributed by atoms with Gasteiger partial charge in [0.1, 0.15) is 6.10 Å². The van der Waals surface area contributed by atoms with Crippen LogP contribution in [-0.2, 0) is 0 Å². The molecule has 1 aromatic heterocycles. The van der Waals surface area contributed by atoms with Crippen molar-refractivity contribution in [1.82, 2.24) is 14.8 Å². The van der Waals surface area contributed by atoms with Crippen LogP contribution >= 0.6 is 11.3 Å². The molecule has 0 saturated carbocycles. The van der Waals surface area contributed by atoms with Gasteiger partial charge in [-0.25, -0.2) is 4.98 Å². The van der Waals surface area contributed by atoms with Gasteiger partial charge in [-0.15, -0.1) is 0 Å². The number of nitrogens with zero attached hydrogens (tertiary/aromatic N) is 4. The van der Waals surface area contributed by atoms with Crippen LogP contribution in [0.2, 0.25) is 0 Å². The summed E-state index contributed by atoms with van der Waals surface area (Å²) in [4.78, 5) is 23.7. The van der Waals surface area contributed by atoms with E-state index in [1.165, 1.54) is 0 Å². The lowest BCUT2D eigenvalue weighted by molar-refractivity contribution is 0.0425. The fourth-order valence-corrected chi connectivity index (χ4v) is 4.84. The molecule has 4 rings (SSSR count). The van der Waals surface area contributed by atoms with Crippen LogP contribution in [0.25, 0.3) is 0 Å². The smallest absolute Gasteiger partial charge is 0.273 e. The van der Waals surface area contributed by atoms with Crippen LogP contribution in [0.4, 0.5) is 5.69 Å². The topological polar surface area (TPSA) is 48.9 Å². The van der Waals surface area contributed by atoms with Crippen LogP contribution in [0.15, 0.2) is 35.8 Å². The number of carbonyl (C=O) groups is 1. The van der Waals surface area contributed by atoms with Crippen molar-refractivity contribution in [1.29, 1.82) is 0 Å². The van der Waals surface area contributed by atoms with E-state index in [4.69, 9.17) is 4.74 Å². The lowest BCUT2D eigenvalue weighted by Crippen LogP contribution is -2.50. The molecule has 3 heterocycles. The van der Waals surface area contributed by atoms with Gasteiger partial charge in [-0.05, 0) is 49.9 Å². The molecule has 2 aliphatic rings. The molecule has 0 unspecified atom stereocenters. The molecule has 0 spiro atoms. The largest absolute Gasteiger partial charge is 0.467 e. The molecular formula is C22H30N4O2S. The quantitative estimate of drug-likeness (QED) is 0.751. The fourth-order valence-electron chi connectivity index (χ4n) is 4.29. The highest BCUT2D eigenvalue weighted by Gasteiger charge is 2.30. The number of rotatable bonds is 5. The second-order valence-corrected chi connectivity index (χ2v) is 8.97. The first kappa shape index (κ1) is 20.2. The van der Waals surface area contributed by atoms with Gasteiger partial charge in [0.15, 0.2) is 0 Å². The number of carbonyl (C=O) groups excluding carboxylic acids is 1. The summed E-state index contributed by atoms with van der Waals surface area (Å²) >= 11 is 1.56. The van der Waals surface area contributed by atoms with Gasteiger partial charge < -0.3 is 14.5 Å². The normalized spacial score (nSPS) is 19.3. The maximum absolute atomic E-state index is 12.8. The molecule has 6 nitrogen and oxygen atoms in total. The van der Waals surface area contributed by atoms with Crippen molar-refractivity contribution in [2.75, 3.05) is 45.2 Å². The Morgan fingerprint density at radius 3 is 2.34 bits per heavy atom. The molecule has 7 heteroatoms. The molecule has 1 aromatic carbocycles. The maximum Gasteiger partial charge on any atom is 0.273 e. The van der Waals surface area contributed by atoms with Gasteiger partial charge >= 0.3 is 0 Å². The monoisotopic (exact) mass is 414 g/mol. The van der Waals surface area contributed by atoms with E-state index < -0.39 is 0 Å². The van der Waals surface area contributed by atoms with E-state index in [-0.39, 0.29) is 12.0 Å². The Labute approximate surface area is 177 Å². The SMILES string of the molecule is CN(C)c1ccc(C(=O)N2CCC(N3CCC(Oc4nccs4)CC3)CC2)cc1. The highest BCUT2D eigenvalue weighted by Crippen LogP contribution is 2.25. The summed E-state index contributed by atoms with van der Waals surface area (Å²) in [5.41, 5.74) is 1.90. The van der Waals surface area contributed by atoms with E-state index in [1.807, 2.05) is 53.5 Å². The molecular weight excluding hydrogens is 384 g/mol. The first-order chi connectivity index (χ1) is 14.1. The van der Waals surface area contributed by atoms with Crippen LogP contribution in [0.5, 0.6) is 5.19 Å². The van der Waals surface area contributed by atoms with Crippen LogP contribution in [0.1, 0.15) is 36.0 Å². The average Bonchev–Trinajstić information content (AvgIpc) is 3.27. The van der Waals surface area contributed by atoms with Gasteiger partial charge in [0, 0.05) is 69.1 Å². The molecule has 1 amide bonds. The van der Waals surface area contributed by atoms with Crippen molar-refractivity contribution in [2.24, 2.45) is 0 Å². The number of aromatic nitrogens is 1. The number of amides is 1. The third kappa shape index (κ3) is 4.90. The minimum Gasteiger partial charge on any atom is -0.467 e. The first-order valence-electron chi connectivity index (χ1n) is 10.5. The molecule has 29 heavy (non-hydrogen) atoms. The van der Waals surface area contributed by atoms with E-state index >= 15 is 0 Å². The van der Waals surface area contributed by atoms with Crippen molar-refractivity contribution >= 4 is 22.9 Å². The number of thiazole rings is 1. The summed E-state index contributed by atoms with van der Waals surface area (Å²) in [5, 5.41) is 2.74. The van der Waals surface area contributed by atoms with Gasteiger partial charge in [0.25, 0.3) is 11.1 Å². The molecule has 0 aliphatic carbocycles. The maximum atomic E-state index is 12.8. The first-order valence-corrected chi connectivity index (χ1v) is 11.3. The predicted octanol–water partition coefficient (Wildman–Crippen LogP) is 3.36. The fraction of sp³-hybridized carbons (Fsp3) is 0.545. The summed E-state index contributed by atoms with van der Waals surface area (Å²) < 4.78 is 5.98. The minimum absolute atomic E-state index is 0.157. The lowest BCUT2D eigenvalue weighted by Gasteiger charge is -2.41. The third-order valence-electron chi connectivity index (χ3n) is 6.05. The van der Waals surface area contributed by atoms with E-state index in [0.29, 0.717) is 6.04 Å². The number of piperidine rings is 2. The second-order valence-electron chi connectivity index (χ2n) is 8.12. The van der Waals surface area contributed by atoms with Crippen molar-refractivity contribution in [3.63, 3.8) is 0 Å². The van der Waals surface area contributed by atoms with Gasteiger partial charge in [0.2, 0.25) is 0 Å². The van der Waals surface area contributed by atoms with Crippen molar-refractivity contribution in [3.05, 3.63) is 41.4 Å². The van der Waals surface area contributed by atoms with Gasteiger partial charge in [-0.3, -0.25) is 9.69 Å². The van der Waals surface area contributed by atoms with Gasteiger partial charge in [-0.2, -0.15) is 0 Å². The Kier molecular flexibility index (Phi) is 6.35. The molecule has 2 saturated heterocycles. The zero-order valence-electron chi connectivity index (χ0n) is 17.3. The summed E-state index contributed by atoms with van der Waals surface area (Å²) in [6.45, 7) is 3.82. The van der Waals surface area contributed by atoms with Crippen LogP contribution in [0.3, 0.4) is 0 Å². The number of likely N-dealkylation sites (tertiary alicyclic amines) is 2. The lowest BCUT2D eigenvalue weighted by atomic mass is 9.98. The number of anilines is 1. The highest BCUT2D eigenvalue weighted by molar-refractivity contribution is 7.11. The molecule has 2 aliphatic heterocycles. The van der Waals surface area contributed by atoms with Crippen molar-refractivity contribution in [2.45, 2.75) is 37.8 Å². The number of benzene rings is 1. The molecule has 2 fully saturated rings. The Hall–Kier alpha value is -2.12. The summed E-state index contributed by atoms with van der Waals surface area (Å²) in [6, 6.07) is 8.49. The Morgan fingerprint density at radius 2 is 1.76 bits per heavy atom. The third-order valence-corrected chi connectivity index (χ3v) is 6.71. The standard InChI is InChI=1S/C22H30N4O2S/c1-24(2)18-5-3-17(4-6-18)21(27)26-12-7-19(8-13-26)25-14-9-20(10-15-25)28-22-23-11-16-29-22/h3-6,11,16,19-20H,7-10,12-15H2,1-2H3. The molecule has 0 N–H and O–H groups in total. The van der Waals surface area contributed by atoms with Crippen LogP contribution in [0, 0.1) is 0 Å². The molecule has 0 atom stereocenters. The predicted molar refractivity (Wildman–Crippen MR) is 117 cm³/mol. The van der Waals surface area contributed by atoms with Crippen molar-refractivity contribution < 1.29 is 9.53 Å². The average molecular weight is 415 g/mol. The van der Waals surface area contributed by atoms with E-state index in [1.54, 1.807) is 17.5 Å². The van der Waals surface area contributed by atoms with Crippen molar-refractivity contribution in [3.8, 4) is 5.19 Å². The van der Waals surface area contributed by atoms with E-state index in [2.05, 4.69) is 9.88 Å². The van der Waals surface area contributed by atoms with Crippen LogP contribution in [-0.4, -0.2) is 73.1 Å². The van der Waals surface area contributed by atoms with Gasteiger partial charge in [0.05, 0.1) is 0 Å². The number of hydrogen-bond donors (Lipinski definition) is 0. The second kappa shape index (κ2) is 9.13. The molecule has 0 radical (unpaired) electrons. The summed E-state index contributed by atoms with van der Waals surface area (Å²) in [5.74, 6) is 0.157. The van der Waals surface area contributed by atoms with Crippen LogP contribution < -0.4 is 9.64 Å². The number of ether oxygens (including phenoxy) is 1. The summed E-state index contributed by atoms with van der Waals surface area (Å²) in [7, 11) is 4.02. The molecule has 156 valence electrons. The highest BCUT2D eigenvalue weighted by atomic mass is 32.1. The van der Waals surface area contributed by atoms with E-state index in [0.717, 1.165) is 68.3 Å². The van der Waals surface area contributed by atoms with Gasteiger partial charge in [-0.1, -0.05) is 11.3 Å². The Morgan fingerprint density at radius 1 is 1.07 bits per heavy atom. The van der Waals surface area contributed by atoms with E-state index in [9.17, 15) is 4.79 Å². The zero-order chi connectivity index (χ0) is 20.2. The molecule has 2 aromatic rings. The minimum atomic E-state index is 0.157. The Balaban J connectivity index is 1.23. The number of hydrogen-bond acceptors (Lipinski definition) is 6. The molecule has 0 bridgehead atoms. The Bertz CT molecular complexity index is 778.